The van der Waals surface area contributed by atoms with Crippen LogP contribution in [0.2, 0.25) is 0 Å². The summed E-state index contributed by atoms with van der Waals surface area (Å²) in [6.45, 7) is -0.0943. The van der Waals surface area contributed by atoms with Crippen LogP contribution in [0.15, 0.2) is 24.4 Å². The third-order valence-corrected chi connectivity index (χ3v) is 2.20. The van der Waals surface area contributed by atoms with Crippen LogP contribution in [0.1, 0.15) is 5.69 Å². The van der Waals surface area contributed by atoms with Crippen molar-refractivity contribution in [2.75, 3.05) is 7.11 Å². The Hall–Kier alpha value is -2.01. The molecule has 0 bridgehead atoms. The van der Waals surface area contributed by atoms with Crippen molar-refractivity contribution in [3.8, 4) is 22.9 Å². The molecule has 1 aromatic carbocycles. The zero-order valence-corrected chi connectivity index (χ0v) is 8.77. The van der Waals surface area contributed by atoms with Crippen molar-refractivity contribution in [1.29, 1.82) is 0 Å². The second-order valence-corrected chi connectivity index (χ2v) is 3.33. The Morgan fingerprint density at radius 3 is 2.81 bits per heavy atom. The van der Waals surface area contributed by atoms with Gasteiger partial charge in [-0.2, -0.15) is 0 Å². The summed E-state index contributed by atoms with van der Waals surface area (Å²) < 4.78 is 5.04. The number of aliphatic hydroxyl groups excluding tert-OH is 1. The molecule has 0 unspecified atom stereocenters. The molecular weight excluding hydrogens is 208 g/mol. The largest absolute Gasteiger partial charge is 0.508 e. The summed E-state index contributed by atoms with van der Waals surface area (Å²) in [6.07, 6.45) is 1.55. The zero-order chi connectivity index (χ0) is 11.5. The van der Waals surface area contributed by atoms with Crippen LogP contribution in [0.3, 0.4) is 0 Å². The summed E-state index contributed by atoms with van der Waals surface area (Å²) in [5, 5.41) is 18.4. The number of hydrogen-bond donors (Lipinski definition) is 3. The number of rotatable bonds is 3. The average Bonchev–Trinajstić information content (AvgIpc) is 2.76. The molecule has 0 spiro atoms. The number of aromatic amines is 1. The number of hydrogen-bond acceptors (Lipinski definition) is 4. The Bertz CT molecular complexity index is 494. The van der Waals surface area contributed by atoms with Crippen LogP contribution in [0, 0.1) is 0 Å². The topological polar surface area (TPSA) is 78.4 Å². The lowest BCUT2D eigenvalue weighted by Gasteiger charge is -2.03. The molecular formula is C11H12N2O3. The number of nitrogens with one attached hydrogen (secondary N) is 1. The zero-order valence-electron chi connectivity index (χ0n) is 8.77. The number of methoxy groups -OCH3 is 1. The lowest BCUT2D eigenvalue weighted by Crippen LogP contribution is -1.86. The van der Waals surface area contributed by atoms with Crippen LogP contribution < -0.4 is 4.74 Å². The van der Waals surface area contributed by atoms with Crippen molar-refractivity contribution < 1.29 is 14.9 Å². The van der Waals surface area contributed by atoms with E-state index in [-0.39, 0.29) is 12.4 Å². The predicted molar refractivity (Wildman–Crippen MR) is 58.2 cm³/mol. The molecule has 0 aliphatic heterocycles. The number of aromatic nitrogens is 2. The van der Waals surface area contributed by atoms with E-state index in [0.29, 0.717) is 22.8 Å². The normalized spacial score (nSPS) is 10.4. The molecule has 2 rings (SSSR count). The molecule has 0 amide bonds. The van der Waals surface area contributed by atoms with Crippen LogP contribution in [-0.4, -0.2) is 27.3 Å². The van der Waals surface area contributed by atoms with E-state index in [2.05, 4.69) is 9.97 Å². The number of ether oxygens (including phenoxy) is 1. The minimum absolute atomic E-state index is 0.0943. The van der Waals surface area contributed by atoms with Gasteiger partial charge in [-0.15, -0.1) is 0 Å². The van der Waals surface area contributed by atoms with E-state index in [0.717, 1.165) is 0 Å². The molecule has 1 aromatic heterocycles. The van der Waals surface area contributed by atoms with Gasteiger partial charge in [0.25, 0.3) is 0 Å². The maximum absolute atomic E-state index is 9.48. The van der Waals surface area contributed by atoms with Gasteiger partial charge >= 0.3 is 0 Å². The van der Waals surface area contributed by atoms with Gasteiger partial charge in [0.15, 0.2) is 0 Å². The summed E-state index contributed by atoms with van der Waals surface area (Å²) in [5.41, 5.74) is 1.33. The number of nitrogens with zero attached hydrogens (tertiary/aromatic N) is 1. The molecule has 0 aliphatic carbocycles. The molecule has 5 heteroatoms. The molecule has 0 radical (unpaired) electrons. The second-order valence-electron chi connectivity index (χ2n) is 3.33. The van der Waals surface area contributed by atoms with Gasteiger partial charge in [-0.05, 0) is 12.1 Å². The number of aliphatic hydroxyl groups is 1. The Balaban J connectivity index is 2.42. The molecule has 0 fully saturated rings. The highest BCUT2D eigenvalue weighted by Gasteiger charge is 2.06. The molecule has 0 atom stereocenters. The summed E-state index contributed by atoms with van der Waals surface area (Å²) in [7, 11) is 1.53. The van der Waals surface area contributed by atoms with E-state index in [4.69, 9.17) is 9.84 Å². The van der Waals surface area contributed by atoms with E-state index < -0.39 is 0 Å². The van der Waals surface area contributed by atoms with Crippen molar-refractivity contribution in [2.45, 2.75) is 6.61 Å². The fourth-order valence-corrected chi connectivity index (χ4v) is 1.42. The van der Waals surface area contributed by atoms with Crippen molar-refractivity contribution >= 4 is 0 Å². The third-order valence-electron chi connectivity index (χ3n) is 2.20. The van der Waals surface area contributed by atoms with Crippen molar-refractivity contribution in [3.05, 3.63) is 30.1 Å². The minimum atomic E-state index is -0.0943. The molecule has 0 aliphatic rings. The first-order valence-electron chi connectivity index (χ1n) is 4.76. The minimum Gasteiger partial charge on any atom is -0.508 e. The SMILES string of the molecule is COc1cc(O)cc(-c2ncc(CO)[nH]2)c1. The molecule has 0 saturated carbocycles. The van der Waals surface area contributed by atoms with Gasteiger partial charge in [0, 0.05) is 11.6 Å². The van der Waals surface area contributed by atoms with Crippen molar-refractivity contribution in [1.82, 2.24) is 9.97 Å². The van der Waals surface area contributed by atoms with E-state index >= 15 is 0 Å². The Morgan fingerprint density at radius 2 is 2.19 bits per heavy atom. The number of phenols is 1. The standard InChI is InChI=1S/C11H12N2O3/c1-16-10-3-7(2-9(15)4-10)11-12-5-8(6-14)13-11/h2-5,14-15H,6H2,1H3,(H,12,13). The highest BCUT2D eigenvalue weighted by atomic mass is 16.5. The Morgan fingerprint density at radius 1 is 1.38 bits per heavy atom. The third kappa shape index (κ3) is 1.99. The van der Waals surface area contributed by atoms with Gasteiger partial charge in [0.05, 0.1) is 25.6 Å². The van der Waals surface area contributed by atoms with Gasteiger partial charge in [-0.25, -0.2) is 4.98 Å². The number of H-pyrrole nitrogens is 1. The highest BCUT2D eigenvalue weighted by Crippen LogP contribution is 2.27. The monoisotopic (exact) mass is 220 g/mol. The highest BCUT2D eigenvalue weighted by molar-refractivity contribution is 5.60. The van der Waals surface area contributed by atoms with Crippen LogP contribution in [0.5, 0.6) is 11.5 Å². The van der Waals surface area contributed by atoms with Gasteiger partial charge in [0.2, 0.25) is 0 Å². The van der Waals surface area contributed by atoms with Crippen molar-refractivity contribution in [3.63, 3.8) is 0 Å². The van der Waals surface area contributed by atoms with Crippen LogP contribution in [-0.2, 0) is 6.61 Å². The summed E-state index contributed by atoms with van der Waals surface area (Å²) >= 11 is 0. The van der Waals surface area contributed by atoms with E-state index in [1.807, 2.05) is 0 Å². The van der Waals surface area contributed by atoms with Gasteiger partial charge in [-0.1, -0.05) is 0 Å². The molecule has 2 aromatic rings. The first kappa shape index (κ1) is 10.5. The van der Waals surface area contributed by atoms with E-state index in [9.17, 15) is 5.11 Å². The number of imidazole rings is 1. The Kier molecular flexibility index (Phi) is 2.78. The summed E-state index contributed by atoms with van der Waals surface area (Å²) in [6, 6.07) is 4.83. The molecule has 16 heavy (non-hydrogen) atoms. The summed E-state index contributed by atoms with van der Waals surface area (Å²) in [5.74, 6) is 1.24. The molecule has 5 nitrogen and oxygen atoms in total. The maximum atomic E-state index is 9.48. The number of phenolic OH excluding ortho intramolecular Hbond substituents is 1. The summed E-state index contributed by atoms with van der Waals surface area (Å²) in [4.78, 5) is 7.02. The van der Waals surface area contributed by atoms with Gasteiger partial charge < -0.3 is 19.9 Å². The molecule has 84 valence electrons. The fourth-order valence-electron chi connectivity index (χ4n) is 1.42. The van der Waals surface area contributed by atoms with E-state index in [1.54, 1.807) is 18.3 Å². The Labute approximate surface area is 92.3 Å². The van der Waals surface area contributed by atoms with Gasteiger partial charge in [-0.3, -0.25) is 0 Å². The number of benzene rings is 1. The van der Waals surface area contributed by atoms with Crippen LogP contribution >= 0.6 is 0 Å². The quantitative estimate of drug-likeness (QED) is 0.728. The predicted octanol–water partition coefficient (Wildman–Crippen LogP) is 1.28. The van der Waals surface area contributed by atoms with Crippen molar-refractivity contribution in [2.24, 2.45) is 0 Å². The van der Waals surface area contributed by atoms with Crippen LogP contribution in [0.4, 0.5) is 0 Å². The average molecular weight is 220 g/mol. The molecule has 3 N–H and O–H groups in total. The van der Waals surface area contributed by atoms with Crippen LogP contribution in [0.25, 0.3) is 11.4 Å². The first-order chi connectivity index (χ1) is 7.72. The lowest BCUT2D eigenvalue weighted by atomic mass is 10.2. The number of aromatic hydroxyl groups is 1. The molecule has 0 saturated heterocycles. The fraction of sp³-hybridized carbons (Fsp3) is 0.182. The second kappa shape index (κ2) is 4.24. The lowest BCUT2D eigenvalue weighted by molar-refractivity contribution is 0.277. The maximum Gasteiger partial charge on any atom is 0.137 e. The smallest absolute Gasteiger partial charge is 0.137 e. The molecule has 1 heterocycles. The first-order valence-corrected chi connectivity index (χ1v) is 4.76. The van der Waals surface area contributed by atoms with Gasteiger partial charge in [0.1, 0.15) is 17.3 Å². The van der Waals surface area contributed by atoms with E-state index in [1.165, 1.54) is 13.2 Å².